The van der Waals surface area contributed by atoms with Crippen molar-refractivity contribution < 1.29 is 9.39 Å². The van der Waals surface area contributed by atoms with Gasteiger partial charge in [-0.3, -0.25) is 0 Å². The van der Waals surface area contributed by atoms with Crippen LogP contribution < -0.4 is 41.1 Å². The van der Waals surface area contributed by atoms with Gasteiger partial charge in [0.1, 0.15) is 17.2 Å². The summed E-state index contributed by atoms with van der Waals surface area (Å²) in [6, 6.07) is 88.5. The minimum Gasteiger partial charge on any atom is -0.551 e. The Hall–Kier alpha value is -8.12. The molecule has 11 aromatic rings. The molecule has 2 aliphatic heterocycles. The average Bonchev–Trinajstić information content (AvgIpc) is 3.72. The van der Waals surface area contributed by atoms with Crippen molar-refractivity contribution in [2.75, 3.05) is 0 Å². The summed E-state index contributed by atoms with van der Waals surface area (Å²) in [6.07, 6.45) is 0. The van der Waals surface area contributed by atoms with E-state index in [4.69, 9.17) is 9.39 Å². The largest absolute Gasteiger partial charge is 0.551 e. The Balaban J connectivity index is 1.01. The van der Waals surface area contributed by atoms with Crippen molar-refractivity contribution in [1.82, 2.24) is 4.57 Å². The van der Waals surface area contributed by atoms with Crippen molar-refractivity contribution in [1.29, 1.82) is 0 Å². The molecule has 304 valence electrons. The molecule has 0 atom stereocenters. The Morgan fingerprint density at radius 1 is 0.354 bits per heavy atom. The number of hydrogen-bond acceptors (Lipinski definition) is 2. The van der Waals surface area contributed by atoms with Gasteiger partial charge in [-0.15, -0.1) is 0 Å². The number of ether oxygens (including phenoxy) is 1. The molecule has 3 heterocycles. The van der Waals surface area contributed by atoms with E-state index in [9.17, 15) is 0 Å². The molecule has 0 saturated heterocycles. The Kier molecular flexibility index (Phi) is 8.65. The molecular formula is C60H40BNO2Si. The molecular weight excluding hydrogens is 806 g/mol. The third kappa shape index (κ3) is 5.83. The second-order valence-corrected chi connectivity index (χ2v) is 20.9. The normalized spacial score (nSPS) is 12.5. The molecule has 0 unspecified atom stereocenters. The molecule has 5 heteroatoms. The van der Waals surface area contributed by atoms with Crippen molar-refractivity contribution in [3.8, 4) is 56.3 Å². The first-order valence-electron chi connectivity index (χ1n) is 22.4. The smallest absolute Gasteiger partial charge is 0.434 e. The van der Waals surface area contributed by atoms with E-state index in [0.29, 0.717) is 0 Å². The SMILES string of the molecule is c1ccc([Si](c2ccccc2)(c2ccccc2)c2cccc(-c3ccc4c(c3)-c3cc(-c5ccccc5-n5c6ccccc6c6ccccc65)cc5c3B(O4)c3ccccc3O5)c2)cc1. The fourth-order valence-electron chi connectivity index (χ4n) is 10.8. The summed E-state index contributed by atoms with van der Waals surface area (Å²) in [4.78, 5) is 0. The maximum Gasteiger partial charge on any atom is 0.434 e. The summed E-state index contributed by atoms with van der Waals surface area (Å²) in [5.41, 5.74) is 12.2. The molecule has 0 fully saturated rings. The van der Waals surface area contributed by atoms with Gasteiger partial charge in [-0.2, -0.15) is 0 Å². The quantitative estimate of drug-likeness (QED) is 0.118. The van der Waals surface area contributed by atoms with Crippen molar-refractivity contribution in [3.05, 3.63) is 243 Å². The molecule has 1 aromatic heterocycles. The number of hydrogen-bond donors (Lipinski definition) is 0. The van der Waals surface area contributed by atoms with E-state index < -0.39 is 8.07 Å². The first kappa shape index (κ1) is 37.4. The van der Waals surface area contributed by atoms with E-state index >= 15 is 0 Å². The minimum absolute atomic E-state index is 0.303. The molecule has 0 radical (unpaired) electrons. The van der Waals surface area contributed by atoms with Gasteiger partial charge in [-0.05, 0) is 91.5 Å². The molecule has 0 N–H and O–H groups in total. The lowest BCUT2D eigenvalue weighted by Gasteiger charge is -2.35. The summed E-state index contributed by atoms with van der Waals surface area (Å²) in [7, 11) is -2.75. The van der Waals surface area contributed by atoms with Crippen LogP contribution in [-0.2, 0) is 0 Å². The minimum atomic E-state index is -2.75. The number of para-hydroxylation sites is 4. The molecule has 2 aliphatic rings. The van der Waals surface area contributed by atoms with Crippen LogP contribution in [-0.4, -0.2) is 19.6 Å². The van der Waals surface area contributed by atoms with Crippen molar-refractivity contribution >= 4 is 68.5 Å². The zero-order valence-corrected chi connectivity index (χ0v) is 36.4. The van der Waals surface area contributed by atoms with Gasteiger partial charge in [0.05, 0.1) is 16.7 Å². The molecule has 0 aliphatic carbocycles. The van der Waals surface area contributed by atoms with Crippen LogP contribution in [0.5, 0.6) is 17.2 Å². The van der Waals surface area contributed by atoms with Crippen molar-refractivity contribution in [2.45, 2.75) is 0 Å². The van der Waals surface area contributed by atoms with Crippen LogP contribution in [0.2, 0.25) is 0 Å². The molecule has 0 spiro atoms. The van der Waals surface area contributed by atoms with Gasteiger partial charge in [0, 0.05) is 32.8 Å². The number of aromatic nitrogens is 1. The van der Waals surface area contributed by atoms with E-state index in [1.54, 1.807) is 0 Å². The van der Waals surface area contributed by atoms with Crippen LogP contribution in [0.25, 0.3) is 60.9 Å². The maximum atomic E-state index is 7.06. The average molecular weight is 846 g/mol. The van der Waals surface area contributed by atoms with Crippen LogP contribution in [0.4, 0.5) is 0 Å². The van der Waals surface area contributed by atoms with E-state index in [1.165, 1.54) is 42.6 Å². The predicted octanol–water partition coefficient (Wildman–Crippen LogP) is 10.8. The fraction of sp³-hybridized carbons (Fsp3) is 0. The Labute approximate surface area is 379 Å². The van der Waals surface area contributed by atoms with E-state index in [2.05, 4.69) is 241 Å². The highest BCUT2D eigenvalue weighted by molar-refractivity contribution is 7.19. The molecule has 10 aromatic carbocycles. The van der Waals surface area contributed by atoms with Gasteiger partial charge in [0.15, 0.2) is 8.07 Å². The zero-order chi connectivity index (χ0) is 42.9. The molecule has 13 rings (SSSR count). The summed E-state index contributed by atoms with van der Waals surface area (Å²) in [5.74, 6) is 2.50. The topological polar surface area (TPSA) is 23.4 Å². The molecule has 0 saturated carbocycles. The maximum absolute atomic E-state index is 7.06. The second-order valence-electron chi connectivity index (χ2n) is 17.1. The van der Waals surface area contributed by atoms with Crippen LogP contribution in [0.3, 0.4) is 0 Å². The lowest BCUT2D eigenvalue weighted by molar-refractivity contribution is 0.479. The molecule has 65 heavy (non-hydrogen) atoms. The predicted molar refractivity (Wildman–Crippen MR) is 273 cm³/mol. The van der Waals surface area contributed by atoms with Crippen LogP contribution >= 0.6 is 0 Å². The number of benzene rings is 10. The highest BCUT2D eigenvalue weighted by Gasteiger charge is 2.43. The summed E-state index contributed by atoms with van der Waals surface area (Å²) < 4.78 is 16.4. The standard InChI is InChI=1S/C60H40BNO2Si/c1-4-20-44(21-5-1)65(45-22-6-2-7-23-45,46-24-8-3-9-25-46)47-26-18-19-41(37-47)42-35-36-57-51(38-42)52-39-43(40-59-60(52)61(64-57)53-30-13-17-34-58(53)63-59)48-27-10-14-31-54(48)62-55-32-15-11-28-49(55)50-29-12-16-33-56(50)62/h1-40H. The van der Waals surface area contributed by atoms with Gasteiger partial charge in [0.2, 0.25) is 0 Å². The first-order chi connectivity index (χ1) is 32.2. The third-order valence-electron chi connectivity index (χ3n) is 13.6. The second kappa shape index (κ2) is 15.0. The Bertz CT molecular complexity index is 3470. The highest BCUT2D eigenvalue weighted by Crippen LogP contribution is 2.44. The molecule has 0 bridgehead atoms. The summed E-state index contributed by atoms with van der Waals surface area (Å²) >= 11 is 0. The number of nitrogens with zero attached hydrogens (tertiary/aromatic N) is 1. The summed E-state index contributed by atoms with van der Waals surface area (Å²) in [6.45, 7) is -0.303. The van der Waals surface area contributed by atoms with Crippen LogP contribution in [0, 0.1) is 0 Å². The van der Waals surface area contributed by atoms with Gasteiger partial charge >= 0.3 is 6.92 Å². The Morgan fingerprint density at radius 3 is 1.60 bits per heavy atom. The number of rotatable bonds is 7. The number of fused-ring (bicyclic) bond motifs is 7. The van der Waals surface area contributed by atoms with Crippen molar-refractivity contribution in [2.24, 2.45) is 0 Å². The van der Waals surface area contributed by atoms with Crippen LogP contribution in [0.15, 0.2) is 243 Å². The molecule has 0 amide bonds. The first-order valence-corrected chi connectivity index (χ1v) is 24.4. The van der Waals surface area contributed by atoms with Gasteiger partial charge in [0.25, 0.3) is 0 Å². The molecule has 3 nitrogen and oxygen atoms in total. The highest BCUT2D eigenvalue weighted by atomic mass is 28.3. The lowest BCUT2D eigenvalue weighted by Crippen LogP contribution is -2.74. The Morgan fingerprint density at radius 2 is 0.908 bits per heavy atom. The zero-order valence-electron chi connectivity index (χ0n) is 35.4. The van der Waals surface area contributed by atoms with E-state index in [0.717, 1.165) is 67.2 Å². The fourth-order valence-corrected chi connectivity index (χ4v) is 15.6. The third-order valence-corrected chi connectivity index (χ3v) is 18.4. The van der Waals surface area contributed by atoms with E-state index in [-0.39, 0.29) is 6.92 Å². The van der Waals surface area contributed by atoms with Crippen molar-refractivity contribution in [3.63, 3.8) is 0 Å². The van der Waals surface area contributed by atoms with Crippen LogP contribution in [0.1, 0.15) is 0 Å². The van der Waals surface area contributed by atoms with Gasteiger partial charge < -0.3 is 14.0 Å². The van der Waals surface area contributed by atoms with Gasteiger partial charge in [-0.25, -0.2) is 0 Å². The van der Waals surface area contributed by atoms with Gasteiger partial charge in [-0.1, -0.05) is 194 Å². The lowest BCUT2D eigenvalue weighted by atomic mass is 9.50. The summed E-state index contributed by atoms with van der Waals surface area (Å²) in [5, 5.41) is 7.86. The monoisotopic (exact) mass is 845 g/mol. The van der Waals surface area contributed by atoms with E-state index in [1.807, 2.05) is 6.07 Å².